The summed E-state index contributed by atoms with van der Waals surface area (Å²) in [5.74, 6) is 1.92. The lowest BCUT2D eigenvalue weighted by molar-refractivity contribution is 0.0402. The van der Waals surface area contributed by atoms with Crippen molar-refractivity contribution in [3.8, 4) is 0 Å². The van der Waals surface area contributed by atoms with E-state index in [4.69, 9.17) is 4.74 Å². The van der Waals surface area contributed by atoms with E-state index >= 15 is 0 Å². The molecule has 0 bridgehead atoms. The second kappa shape index (κ2) is 5.31. The molecule has 1 aliphatic heterocycles. The molecule has 1 N–H and O–H groups in total. The van der Waals surface area contributed by atoms with E-state index < -0.39 is 0 Å². The van der Waals surface area contributed by atoms with Crippen molar-refractivity contribution in [3.63, 3.8) is 0 Å². The summed E-state index contributed by atoms with van der Waals surface area (Å²) >= 11 is 0. The Bertz CT molecular complexity index is 187. The lowest BCUT2D eigenvalue weighted by Crippen LogP contribution is -2.48. The van der Waals surface area contributed by atoms with Gasteiger partial charge in [0.05, 0.1) is 13.2 Å². The van der Waals surface area contributed by atoms with Crippen molar-refractivity contribution in [2.75, 3.05) is 13.2 Å². The minimum atomic E-state index is 0.547. The first-order chi connectivity index (χ1) is 7.24. The minimum absolute atomic E-state index is 0.547. The molecule has 2 rings (SSSR count). The maximum atomic E-state index is 5.59. The van der Waals surface area contributed by atoms with Crippen LogP contribution in [-0.2, 0) is 4.74 Å². The van der Waals surface area contributed by atoms with Crippen LogP contribution in [0, 0.1) is 11.8 Å². The second-order valence-electron chi connectivity index (χ2n) is 5.66. The van der Waals surface area contributed by atoms with E-state index in [9.17, 15) is 0 Å². The zero-order chi connectivity index (χ0) is 10.7. The fraction of sp³-hybridized carbons (Fsp3) is 1.00. The van der Waals surface area contributed by atoms with Gasteiger partial charge in [-0.15, -0.1) is 0 Å². The quantitative estimate of drug-likeness (QED) is 0.758. The van der Waals surface area contributed by atoms with E-state index in [1.54, 1.807) is 0 Å². The predicted molar refractivity (Wildman–Crippen MR) is 62.9 cm³/mol. The van der Waals surface area contributed by atoms with Gasteiger partial charge in [0.2, 0.25) is 0 Å². The average molecular weight is 211 g/mol. The molecule has 2 nitrogen and oxygen atoms in total. The van der Waals surface area contributed by atoms with Gasteiger partial charge in [-0.2, -0.15) is 0 Å². The molecule has 2 fully saturated rings. The third-order valence-electron chi connectivity index (χ3n) is 3.96. The lowest BCUT2D eigenvalue weighted by atomic mass is 9.80. The third-order valence-corrected chi connectivity index (χ3v) is 3.96. The van der Waals surface area contributed by atoms with Gasteiger partial charge in [0.25, 0.3) is 0 Å². The van der Waals surface area contributed by atoms with E-state index in [2.05, 4.69) is 19.2 Å². The Morgan fingerprint density at radius 3 is 2.47 bits per heavy atom. The number of ether oxygens (including phenoxy) is 1. The van der Waals surface area contributed by atoms with Crippen LogP contribution in [0.25, 0.3) is 0 Å². The Kier molecular flexibility index (Phi) is 4.04. The van der Waals surface area contributed by atoms with Gasteiger partial charge in [0.15, 0.2) is 0 Å². The van der Waals surface area contributed by atoms with Crippen LogP contribution in [0.5, 0.6) is 0 Å². The number of nitrogens with one attached hydrogen (secondary N) is 1. The van der Waals surface area contributed by atoms with Crippen LogP contribution in [-0.4, -0.2) is 25.3 Å². The van der Waals surface area contributed by atoms with Crippen LogP contribution < -0.4 is 5.32 Å². The zero-order valence-electron chi connectivity index (χ0n) is 10.2. The van der Waals surface area contributed by atoms with Crippen LogP contribution in [0.3, 0.4) is 0 Å². The van der Waals surface area contributed by atoms with Crippen molar-refractivity contribution in [2.24, 2.45) is 11.8 Å². The first-order valence-electron chi connectivity index (χ1n) is 6.58. The highest BCUT2D eigenvalue weighted by Gasteiger charge is 2.24. The topological polar surface area (TPSA) is 21.3 Å². The predicted octanol–water partition coefficient (Wildman–Crippen LogP) is 2.58. The Hall–Kier alpha value is -0.0800. The summed E-state index contributed by atoms with van der Waals surface area (Å²) in [6, 6.07) is 1.17. The van der Waals surface area contributed by atoms with Crippen LogP contribution in [0.2, 0.25) is 0 Å². The Morgan fingerprint density at radius 2 is 1.80 bits per heavy atom. The number of hydrogen-bond donors (Lipinski definition) is 1. The van der Waals surface area contributed by atoms with Crippen LogP contribution >= 0.6 is 0 Å². The fourth-order valence-corrected chi connectivity index (χ4v) is 2.99. The Morgan fingerprint density at radius 1 is 1.07 bits per heavy atom. The van der Waals surface area contributed by atoms with Gasteiger partial charge >= 0.3 is 0 Å². The van der Waals surface area contributed by atoms with Crippen LogP contribution in [0.4, 0.5) is 0 Å². The Balaban J connectivity index is 1.71. The molecule has 0 aromatic carbocycles. The molecule has 0 aromatic rings. The normalized spacial score (nSPS) is 42.8. The van der Waals surface area contributed by atoms with Crippen molar-refractivity contribution in [3.05, 3.63) is 0 Å². The first-order valence-corrected chi connectivity index (χ1v) is 6.58. The molecule has 0 radical (unpaired) electrons. The maximum absolute atomic E-state index is 5.59. The van der Waals surface area contributed by atoms with E-state index in [1.165, 1.54) is 32.1 Å². The number of morpholine rings is 1. The molecule has 88 valence electrons. The largest absolute Gasteiger partial charge is 0.378 e. The summed E-state index contributed by atoms with van der Waals surface area (Å²) in [5, 5.41) is 3.65. The van der Waals surface area contributed by atoms with Crippen LogP contribution in [0.1, 0.15) is 46.0 Å². The highest BCUT2D eigenvalue weighted by atomic mass is 16.5. The highest BCUT2D eigenvalue weighted by molar-refractivity contribution is 4.80. The summed E-state index contributed by atoms with van der Waals surface area (Å²) < 4.78 is 5.59. The van der Waals surface area contributed by atoms with E-state index in [0.29, 0.717) is 12.1 Å². The molecule has 15 heavy (non-hydrogen) atoms. The van der Waals surface area contributed by atoms with Gasteiger partial charge in [-0.3, -0.25) is 0 Å². The molecule has 2 aliphatic rings. The molecular formula is C13H25NO. The van der Waals surface area contributed by atoms with Crippen molar-refractivity contribution in [1.29, 1.82) is 0 Å². The molecular weight excluding hydrogens is 186 g/mol. The molecule has 1 heterocycles. The van der Waals surface area contributed by atoms with Gasteiger partial charge < -0.3 is 10.1 Å². The van der Waals surface area contributed by atoms with Crippen molar-refractivity contribution in [1.82, 2.24) is 5.32 Å². The van der Waals surface area contributed by atoms with Crippen molar-refractivity contribution < 1.29 is 4.74 Å². The van der Waals surface area contributed by atoms with E-state index in [0.717, 1.165) is 25.0 Å². The maximum Gasteiger partial charge on any atom is 0.0620 e. The van der Waals surface area contributed by atoms with Crippen LogP contribution in [0.15, 0.2) is 0 Å². The van der Waals surface area contributed by atoms with Crippen molar-refractivity contribution >= 4 is 0 Å². The molecule has 2 heteroatoms. The van der Waals surface area contributed by atoms with Gasteiger partial charge in [-0.05, 0) is 25.2 Å². The molecule has 1 saturated carbocycles. The smallest absolute Gasteiger partial charge is 0.0620 e. The van der Waals surface area contributed by atoms with Gasteiger partial charge in [0, 0.05) is 12.1 Å². The first kappa shape index (κ1) is 11.4. The monoisotopic (exact) mass is 211 g/mol. The summed E-state index contributed by atoms with van der Waals surface area (Å²) in [5.41, 5.74) is 0. The molecule has 0 spiro atoms. The third kappa shape index (κ3) is 3.46. The van der Waals surface area contributed by atoms with Gasteiger partial charge in [0.1, 0.15) is 0 Å². The standard InChI is InChI=1S/C13H25NO/c1-10-3-5-12(6-4-10)7-13-9-15-8-11(2)14-13/h10-14H,3-9H2,1-2H3. The Labute approximate surface area is 93.8 Å². The summed E-state index contributed by atoms with van der Waals surface area (Å²) in [4.78, 5) is 0. The van der Waals surface area contributed by atoms with E-state index in [1.807, 2.05) is 0 Å². The molecule has 1 saturated heterocycles. The van der Waals surface area contributed by atoms with Crippen molar-refractivity contribution in [2.45, 2.75) is 58.0 Å². The number of hydrogen-bond acceptors (Lipinski definition) is 2. The number of rotatable bonds is 2. The lowest BCUT2D eigenvalue weighted by Gasteiger charge is -2.34. The van der Waals surface area contributed by atoms with Gasteiger partial charge in [-0.25, -0.2) is 0 Å². The second-order valence-corrected chi connectivity index (χ2v) is 5.66. The fourth-order valence-electron chi connectivity index (χ4n) is 2.99. The molecule has 0 amide bonds. The molecule has 1 aliphatic carbocycles. The minimum Gasteiger partial charge on any atom is -0.378 e. The highest BCUT2D eigenvalue weighted by Crippen LogP contribution is 2.31. The van der Waals surface area contributed by atoms with E-state index in [-0.39, 0.29) is 0 Å². The average Bonchev–Trinajstić information content (AvgIpc) is 2.22. The molecule has 2 unspecified atom stereocenters. The molecule has 0 aromatic heterocycles. The summed E-state index contributed by atoms with van der Waals surface area (Å²) in [6.45, 7) is 6.42. The summed E-state index contributed by atoms with van der Waals surface area (Å²) in [6.07, 6.45) is 7.08. The SMILES string of the molecule is CC1CCC(CC2COCC(C)N2)CC1. The molecule has 2 atom stereocenters. The summed E-state index contributed by atoms with van der Waals surface area (Å²) in [7, 11) is 0. The zero-order valence-corrected chi connectivity index (χ0v) is 10.2. The van der Waals surface area contributed by atoms with Gasteiger partial charge in [-0.1, -0.05) is 32.6 Å².